The molecule has 0 aromatic carbocycles. The van der Waals surface area contributed by atoms with Gasteiger partial charge in [-0.2, -0.15) is 0 Å². The molecule has 0 bridgehead atoms. The molecule has 2 spiro atoms. The normalized spacial score (nSPS) is 44.6. The lowest BCUT2D eigenvalue weighted by atomic mass is 9.41. The van der Waals surface area contributed by atoms with Gasteiger partial charge in [0.2, 0.25) is 0 Å². The number of carbonyl (C=O) groups excluding carboxylic acids is 3. The first kappa shape index (κ1) is 42.5. The number of alkyl carbamates (subject to hydrolysis) is 1. The number of halogens is 1. The predicted octanol–water partition coefficient (Wildman–Crippen LogP) is 7.53. The average Bonchev–Trinajstić information content (AvgIpc) is 3.33. The number of hydrogen-bond donors (Lipinski definition) is 3. The maximum Gasteiger partial charge on any atom is 0.408 e. The summed E-state index contributed by atoms with van der Waals surface area (Å²) in [4.78, 5) is 39.4. The van der Waals surface area contributed by atoms with E-state index in [9.17, 15) is 24.6 Å². The van der Waals surface area contributed by atoms with Crippen molar-refractivity contribution in [1.82, 2.24) is 5.32 Å². The highest BCUT2D eigenvalue weighted by molar-refractivity contribution is 5.85. The van der Waals surface area contributed by atoms with Gasteiger partial charge in [-0.1, -0.05) is 41.5 Å². The number of carbonyl (C=O) groups is 3. The number of amides is 1. The molecule has 5 aliphatic carbocycles. The zero-order valence-electron chi connectivity index (χ0n) is 34.7. The van der Waals surface area contributed by atoms with Crippen LogP contribution in [0.2, 0.25) is 0 Å². The number of esters is 2. The summed E-state index contributed by atoms with van der Waals surface area (Å²) in [7, 11) is 0. The molecule has 0 radical (unpaired) electrons. The van der Waals surface area contributed by atoms with Crippen LogP contribution in [0.4, 0.5) is 4.79 Å². The molecule has 1 aliphatic heterocycles. The van der Waals surface area contributed by atoms with Crippen molar-refractivity contribution in [2.24, 2.45) is 50.7 Å². The van der Waals surface area contributed by atoms with Gasteiger partial charge < -0.3 is 34.5 Å². The minimum Gasteiger partial charge on any atom is -0.462 e. The number of rotatable bonds is 7. The van der Waals surface area contributed by atoms with E-state index in [0.29, 0.717) is 19.3 Å². The van der Waals surface area contributed by atoms with Crippen LogP contribution in [0.5, 0.6) is 0 Å². The minimum atomic E-state index is -0.956. The molecule has 11 heteroatoms. The Bertz CT molecular complexity index is 1450. The Morgan fingerprint density at radius 1 is 0.868 bits per heavy atom. The molecule has 13 atom stereocenters. The minimum absolute atomic E-state index is 0. The van der Waals surface area contributed by atoms with Crippen LogP contribution in [-0.4, -0.2) is 75.5 Å². The van der Waals surface area contributed by atoms with E-state index >= 15 is 0 Å². The summed E-state index contributed by atoms with van der Waals surface area (Å²) in [5, 5.41) is 25.7. The molecule has 6 rings (SSSR count). The molecular weight excluding hydrogens is 698 g/mol. The summed E-state index contributed by atoms with van der Waals surface area (Å²) in [5.41, 5.74) is -3.16. The Hall–Kier alpha value is -1.62. The standard InChI is InChI=1S/C42H69NO9.ClH/c1-23(2)30(43-34(47)52-35(4,5)6)33(46)50-28-15-17-42-22-41(42)19-18-38(11)31(40(13)16-14-29(51-40)37(9,10)48)25(45)21-39(38,12)27(41)20-26(49-24(3)44)32(42)36(28,7)8;/h23,25-32,45,48H,14-22H2,1-13H3,(H,43,47);1H/t25-,26-,27?,28-,29-,30-,31-,32-,38+,39-,40+,41-,42+;/m0./s1. The van der Waals surface area contributed by atoms with Crippen LogP contribution in [0.3, 0.4) is 0 Å². The molecule has 304 valence electrons. The largest absolute Gasteiger partial charge is 0.462 e. The summed E-state index contributed by atoms with van der Waals surface area (Å²) in [6.45, 7) is 25.5. The Morgan fingerprint density at radius 3 is 2.06 bits per heavy atom. The molecule has 1 unspecified atom stereocenters. The van der Waals surface area contributed by atoms with Crippen molar-refractivity contribution in [3.8, 4) is 0 Å². The second kappa shape index (κ2) is 13.2. The van der Waals surface area contributed by atoms with Crippen molar-refractivity contribution in [3.05, 3.63) is 0 Å². The molecular formula is C42H70ClNO9. The van der Waals surface area contributed by atoms with Gasteiger partial charge in [0.25, 0.3) is 0 Å². The number of ether oxygens (including phenoxy) is 4. The first-order chi connectivity index (χ1) is 23.7. The fraction of sp³-hybridized carbons (Fsp3) is 0.929. The fourth-order valence-electron chi connectivity index (χ4n) is 13.8. The number of nitrogens with one attached hydrogen (secondary N) is 1. The molecule has 1 amide bonds. The van der Waals surface area contributed by atoms with Gasteiger partial charge in [-0.15, -0.1) is 12.4 Å². The Morgan fingerprint density at radius 2 is 1.51 bits per heavy atom. The predicted molar refractivity (Wildman–Crippen MR) is 203 cm³/mol. The van der Waals surface area contributed by atoms with Crippen LogP contribution in [0.15, 0.2) is 0 Å². The van der Waals surface area contributed by atoms with Gasteiger partial charge in [0.15, 0.2) is 0 Å². The van der Waals surface area contributed by atoms with Gasteiger partial charge >= 0.3 is 18.0 Å². The molecule has 0 aromatic rings. The third kappa shape index (κ3) is 6.53. The van der Waals surface area contributed by atoms with E-state index in [0.717, 1.165) is 38.5 Å². The first-order valence-electron chi connectivity index (χ1n) is 20.1. The van der Waals surface area contributed by atoms with Crippen molar-refractivity contribution in [2.75, 3.05) is 0 Å². The van der Waals surface area contributed by atoms with E-state index in [1.165, 1.54) is 6.92 Å². The molecule has 1 saturated heterocycles. The molecule has 6 aliphatic rings. The smallest absolute Gasteiger partial charge is 0.408 e. The van der Waals surface area contributed by atoms with E-state index in [2.05, 4.69) is 39.9 Å². The van der Waals surface area contributed by atoms with Crippen molar-refractivity contribution < 1.29 is 43.5 Å². The van der Waals surface area contributed by atoms with Gasteiger partial charge in [-0.05, 0) is 133 Å². The quantitative estimate of drug-likeness (QED) is 0.177. The average molecular weight is 768 g/mol. The van der Waals surface area contributed by atoms with Crippen molar-refractivity contribution in [2.45, 2.75) is 195 Å². The number of aliphatic hydroxyl groups is 2. The first-order valence-corrected chi connectivity index (χ1v) is 20.1. The lowest BCUT2D eigenvalue weighted by Gasteiger charge is -2.64. The molecule has 5 saturated carbocycles. The van der Waals surface area contributed by atoms with Crippen molar-refractivity contribution in [3.63, 3.8) is 0 Å². The van der Waals surface area contributed by atoms with Crippen LogP contribution in [0, 0.1) is 50.7 Å². The van der Waals surface area contributed by atoms with Crippen molar-refractivity contribution in [1.29, 1.82) is 0 Å². The summed E-state index contributed by atoms with van der Waals surface area (Å²) in [6.07, 6.45) is 5.32. The van der Waals surface area contributed by atoms with Gasteiger partial charge in [-0.25, -0.2) is 9.59 Å². The lowest BCUT2D eigenvalue weighted by molar-refractivity contribution is -0.224. The van der Waals surface area contributed by atoms with Gasteiger partial charge in [0.1, 0.15) is 23.9 Å². The van der Waals surface area contributed by atoms with Crippen LogP contribution in [-0.2, 0) is 28.5 Å². The van der Waals surface area contributed by atoms with E-state index in [4.69, 9.17) is 18.9 Å². The summed E-state index contributed by atoms with van der Waals surface area (Å²) in [5.74, 6) is -0.839. The van der Waals surface area contributed by atoms with Crippen LogP contribution in [0.1, 0.15) is 148 Å². The van der Waals surface area contributed by atoms with Crippen LogP contribution < -0.4 is 5.32 Å². The fourth-order valence-corrected chi connectivity index (χ4v) is 13.8. The van der Waals surface area contributed by atoms with E-state index in [1.54, 1.807) is 20.8 Å². The third-order valence-corrected chi connectivity index (χ3v) is 15.9. The number of fused-ring (bicyclic) bond motifs is 2. The van der Waals surface area contributed by atoms with E-state index in [1.807, 2.05) is 27.7 Å². The molecule has 6 fully saturated rings. The second-order valence-electron chi connectivity index (χ2n) is 21.3. The number of aliphatic hydroxyl groups excluding tert-OH is 1. The van der Waals surface area contributed by atoms with E-state index < -0.39 is 52.5 Å². The molecule has 10 nitrogen and oxygen atoms in total. The maximum atomic E-state index is 13.8. The third-order valence-electron chi connectivity index (χ3n) is 15.9. The molecule has 53 heavy (non-hydrogen) atoms. The lowest BCUT2D eigenvalue weighted by Crippen LogP contribution is -2.63. The number of hydrogen-bond acceptors (Lipinski definition) is 9. The highest BCUT2D eigenvalue weighted by Gasteiger charge is 2.85. The van der Waals surface area contributed by atoms with Gasteiger partial charge in [0.05, 0.1) is 23.4 Å². The summed E-state index contributed by atoms with van der Waals surface area (Å²) < 4.78 is 24.9. The molecule has 0 aromatic heterocycles. The SMILES string of the molecule is CC(=O)O[C@H]1CC2[C@]3(CC[C@]4(C)[C@@H]([C@@]5(C)CC[C@@H](C(C)(C)O)O5)[C@@H](O)C[C@@]24C)C[C@@]32CC[C@H](OC(=O)[C@@H](NC(=O)OC(C)(C)C)C(C)C)C(C)(C)[C@H]12.Cl. The summed E-state index contributed by atoms with van der Waals surface area (Å²) >= 11 is 0. The van der Waals surface area contributed by atoms with Gasteiger partial charge in [0, 0.05) is 24.2 Å². The zero-order valence-corrected chi connectivity index (χ0v) is 35.5. The summed E-state index contributed by atoms with van der Waals surface area (Å²) in [6, 6.07) is -0.865. The Kier molecular flexibility index (Phi) is 10.6. The zero-order chi connectivity index (χ0) is 38.8. The molecule has 3 N–H and O–H groups in total. The topological polar surface area (TPSA) is 141 Å². The highest BCUT2D eigenvalue weighted by atomic mass is 35.5. The van der Waals surface area contributed by atoms with Gasteiger partial charge in [-0.3, -0.25) is 4.79 Å². The monoisotopic (exact) mass is 767 g/mol. The van der Waals surface area contributed by atoms with Crippen LogP contribution in [0.25, 0.3) is 0 Å². The Labute approximate surface area is 324 Å². The Balaban J connectivity index is 0.00000541. The maximum absolute atomic E-state index is 13.8. The highest BCUT2D eigenvalue weighted by Crippen LogP contribution is 2.89. The van der Waals surface area contributed by atoms with E-state index in [-0.39, 0.29) is 75.9 Å². The van der Waals surface area contributed by atoms with Crippen molar-refractivity contribution >= 4 is 30.4 Å². The second-order valence-corrected chi connectivity index (χ2v) is 21.3. The van der Waals surface area contributed by atoms with Crippen LogP contribution >= 0.6 is 12.4 Å². The molecule has 1 heterocycles.